The van der Waals surface area contributed by atoms with E-state index in [1.165, 1.54) is 16.9 Å². The molecule has 0 saturated heterocycles. The highest BCUT2D eigenvalue weighted by molar-refractivity contribution is 7.15. The zero-order chi connectivity index (χ0) is 9.80. The maximum atomic E-state index is 5.48. The van der Waals surface area contributed by atoms with Crippen LogP contribution in [0.3, 0.4) is 0 Å². The Morgan fingerprint density at radius 3 is 2.57 bits per heavy atom. The number of nitrogen functional groups attached to an aromatic ring is 1. The van der Waals surface area contributed by atoms with E-state index < -0.39 is 0 Å². The highest BCUT2D eigenvalue weighted by atomic mass is 32.1. The molecule has 14 heavy (non-hydrogen) atoms. The molecule has 0 aromatic carbocycles. The topological polar surface area (TPSA) is 64.7 Å². The van der Waals surface area contributed by atoms with Gasteiger partial charge in [-0.15, -0.1) is 10.2 Å². The van der Waals surface area contributed by atoms with Crippen LogP contribution in [0.2, 0.25) is 0 Å². The third-order valence-corrected chi connectivity index (χ3v) is 2.67. The van der Waals surface area contributed by atoms with Crippen LogP contribution in [-0.2, 0) is 12.8 Å². The van der Waals surface area contributed by atoms with E-state index >= 15 is 0 Å². The minimum absolute atomic E-state index is 0.537. The number of aryl methyl sites for hydroxylation is 2. The zero-order valence-electron chi connectivity index (χ0n) is 7.55. The minimum atomic E-state index is 0.537. The number of hydrogen-bond acceptors (Lipinski definition) is 5. The number of aromatic nitrogens is 3. The lowest BCUT2D eigenvalue weighted by Crippen LogP contribution is -1.90. The molecule has 0 spiro atoms. The van der Waals surface area contributed by atoms with Gasteiger partial charge in [-0.25, -0.2) is 0 Å². The van der Waals surface area contributed by atoms with Crippen LogP contribution >= 0.6 is 11.3 Å². The Kier molecular flexibility index (Phi) is 2.69. The van der Waals surface area contributed by atoms with E-state index in [4.69, 9.17) is 5.73 Å². The van der Waals surface area contributed by atoms with E-state index in [2.05, 4.69) is 15.2 Å². The van der Waals surface area contributed by atoms with Gasteiger partial charge in [0.2, 0.25) is 5.13 Å². The molecule has 2 aromatic rings. The van der Waals surface area contributed by atoms with Crippen molar-refractivity contribution in [1.82, 2.24) is 15.2 Å². The van der Waals surface area contributed by atoms with Gasteiger partial charge in [0.15, 0.2) is 0 Å². The van der Waals surface area contributed by atoms with Gasteiger partial charge in [0, 0.05) is 18.8 Å². The third-order valence-electron chi connectivity index (χ3n) is 1.86. The molecule has 0 saturated carbocycles. The Hall–Kier alpha value is -1.49. The first-order valence-electron chi connectivity index (χ1n) is 4.31. The van der Waals surface area contributed by atoms with Crippen molar-refractivity contribution in [2.75, 3.05) is 5.73 Å². The van der Waals surface area contributed by atoms with Crippen LogP contribution in [0.5, 0.6) is 0 Å². The molecule has 0 aliphatic carbocycles. The van der Waals surface area contributed by atoms with Gasteiger partial charge < -0.3 is 5.73 Å². The molecule has 2 heterocycles. The van der Waals surface area contributed by atoms with Crippen molar-refractivity contribution in [3.05, 3.63) is 35.1 Å². The van der Waals surface area contributed by atoms with Crippen molar-refractivity contribution in [3.63, 3.8) is 0 Å². The highest BCUT2D eigenvalue weighted by Gasteiger charge is 2.00. The molecule has 0 radical (unpaired) electrons. The third kappa shape index (κ3) is 2.26. The lowest BCUT2D eigenvalue weighted by Gasteiger charge is -1.96. The maximum Gasteiger partial charge on any atom is 0.203 e. The maximum absolute atomic E-state index is 5.48. The van der Waals surface area contributed by atoms with Gasteiger partial charge in [-0.3, -0.25) is 4.98 Å². The molecule has 72 valence electrons. The number of nitrogens with zero attached hydrogens (tertiary/aromatic N) is 3. The number of pyridine rings is 1. The van der Waals surface area contributed by atoms with Crippen molar-refractivity contribution in [2.24, 2.45) is 0 Å². The molecule has 2 rings (SSSR count). The lowest BCUT2D eigenvalue weighted by molar-refractivity contribution is 0.903. The summed E-state index contributed by atoms with van der Waals surface area (Å²) in [6.07, 6.45) is 5.43. The fraction of sp³-hybridized carbons (Fsp3) is 0.222. The molecule has 0 bridgehead atoms. The quantitative estimate of drug-likeness (QED) is 0.822. The second-order valence-corrected chi connectivity index (χ2v) is 3.98. The average molecular weight is 206 g/mol. The van der Waals surface area contributed by atoms with E-state index in [-0.39, 0.29) is 0 Å². The Balaban J connectivity index is 1.95. The summed E-state index contributed by atoms with van der Waals surface area (Å²) in [5, 5.41) is 9.24. The lowest BCUT2D eigenvalue weighted by atomic mass is 10.1. The Morgan fingerprint density at radius 1 is 1.14 bits per heavy atom. The molecule has 0 unspecified atom stereocenters. The van der Waals surface area contributed by atoms with Gasteiger partial charge in [0.05, 0.1) is 0 Å². The second kappa shape index (κ2) is 4.15. The zero-order valence-corrected chi connectivity index (χ0v) is 8.37. The summed E-state index contributed by atoms with van der Waals surface area (Å²) in [6.45, 7) is 0. The SMILES string of the molecule is Nc1nnc(CCc2ccncc2)s1. The van der Waals surface area contributed by atoms with Crippen LogP contribution in [0.1, 0.15) is 10.6 Å². The fourth-order valence-electron chi connectivity index (χ4n) is 1.17. The second-order valence-electron chi connectivity index (χ2n) is 2.89. The molecule has 0 fully saturated rings. The standard InChI is InChI=1S/C9H10N4S/c10-9-13-12-8(14-9)2-1-7-3-5-11-6-4-7/h3-6H,1-2H2,(H2,10,13). The molecule has 2 N–H and O–H groups in total. The number of nitrogens with two attached hydrogens (primary N) is 1. The van der Waals surface area contributed by atoms with Crippen molar-refractivity contribution in [2.45, 2.75) is 12.8 Å². The van der Waals surface area contributed by atoms with Crippen molar-refractivity contribution in [3.8, 4) is 0 Å². The van der Waals surface area contributed by atoms with Gasteiger partial charge in [0.1, 0.15) is 5.01 Å². The summed E-state index contributed by atoms with van der Waals surface area (Å²) in [6, 6.07) is 4.01. The summed E-state index contributed by atoms with van der Waals surface area (Å²) < 4.78 is 0. The van der Waals surface area contributed by atoms with Crippen LogP contribution in [0.25, 0.3) is 0 Å². The van der Waals surface area contributed by atoms with E-state index in [0.717, 1.165) is 17.8 Å². The van der Waals surface area contributed by atoms with Crippen molar-refractivity contribution >= 4 is 16.5 Å². The smallest absolute Gasteiger partial charge is 0.203 e. The van der Waals surface area contributed by atoms with Gasteiger partial charge >= 0.3 is 0 Å². The largest absolute Gasteiger partial charge is 0.374 e. The number of anilines is 1. The first-order valence-corrected chi connectivity index (χ1v) is 5.13. The molecule has 2 aromatic heterocycles. The van der Waals surface area contributed by atoms with Crippen LogP contribution in [-0.4, -0.2) is 15.2 Å². The first-order chi connectivity index (χ1) is 6.84. The van der Waals surface area contributed by atoms with E-state index in [9.17, 15) is 0 Å². The Labute approximate surface area is 85.8 Å². The summed E-state index contributed by atoms with van der Waals surface area (Å²) in [5.41, 5.74) is 6.74. The highest BCUT2D eigenvalue weighted by Crippen LogP contribution is 2.13. The van der Waals surface area contributed by atoms with Crippen molar-refractivity contribution in [1.29, 1.82) is 0 Å². The van der Waals surface area contributed by atoms with Crippen LogP contribution < -0.4 is 5.73 Å². The van der Waals surface area contributed by atoms with Crippen LogP contribution in [0.4, 0.5) is 5.13 Å². The van der Waals surface area contributed by atoms with Gasteiger partial charge in [-0.05, 0) is 24.1 Å². The Bertz CT molecular complexity index is 398. The predicted octanol–water partition coefficient (Wildman–Crippen LogP) is 1.30. The van der Waals surface area contributed by atoms with Gasteiger partial charge in [-0.1, -0.05) is 11.3 Å². The molecule has 5 heteroatoms. The monoisotopic (exact) mass is 206 g/mol. The molecule has 0 aliphatic heterocycles. The molecular formula is C9H10N4S. The van der Waals surface area contributed by atoms with Crippen LogP contribution in [0.15, 0.2) is 24.5 Å². The molecule has 0 aliphatic rings. The Morgan fingerprint density at radius 2 is 1.93 bits per heavy atom. The predicted molar refractivity (Wildman–Crippen MR) is 56.0 cm³/mol. The molecule has 0 amide bonds. The summed E-state index contributed by atoms with van der Waals surface area (Å²) in [4.78, 5) is 3.96. The van der Waals surface area contributed by atoms with Gasteiger partial charge in [-0.2, -0.15) is 0 Å². The van der Waals surface area contributed by atoms with Crippen LogP contribution in [0, 0.1) is 0 Å². The van der Waals surface area contributed by atoms with E-state index in [1.54, 1.807) is 12.4 Å². The summed E-state index contributed by atoms with van der Waals surface area (Å²) >= 11 is 1.45. The first kappa shape index (κ1) is 9.08. The number of rotatable bonds is 3. The molecule has 4 nitrogen and oxygen atoms in total. The summed E-state index contributed by atoms with van der Waals surface area (Å²) in [5.74, 6) is 0. The fourth-order valence-corrected chi connectivity index (χ4v) is 1.78. The number of hydrogen-bond donors (Lipinski definition) is 1. The average Bonchev–Trinajstić information content (AvgIpc) is 2.63. The van der Waals surface area contributed by atoms with Gasteiger partial charge in [0.25, 0.3) is 0 Å². The minimum Gasteiger partial charge on any atom is -0.374 e. The molecule has 0 atom stereocenters. The normalized spacial score (nSPS) is 10.3. The van der Waals surface area contributed by atoms with Crippen molar-refractivity contribution < 1.29 is 0 Å². The summed E-state index contributed by atoms with van der Waals surface area (Å²) in [7, 11) is 0. The molecular weight excluding hydrogens is 196 g/mol. The van der Waals surface area contributed by atoms with E-state index in [0.29, 0.717) is 5.13 Å². The van der Waals surface area contributed by atoms with E-state index in [1.807, 2.05) is 12.1 Å².